The minimum atomic E-state index is -0.538. The Kier molecular flexibility index (Phi) is 5.89. The Morgan fingerprint density at radius 1 is 1.28 bits per heavy atom. The third-order valence-corrected chi connectivity index (χ3v) is 3.16. The maximum absolute atomic E-state index is 9.63. The van der Waals surface area contributed by atoms with E-state index in [1.807, 2.05) is 26.0 Å². The molecule has 0 heterocycles. The highest BCUT2D eigenvalue weighted by molar-refractivity contribution is 6.34. The van der Waals surface area contributed by atoms with Gasteiger partial charge in [0.25, 0.3) is 0 Å². The topological polar surface area (TPSA) is 41.5 Å². The van der Waals surface area contributed by atoms with Gasteiger partial charge in [0.15, 0.2) is 0 Å². The van der Waals surface area contributed by atoms with Crippen LogP contribution in [-0.2, 0) is 10.3 Å². The lowest BCUT2D eigenvalue weighted by atomic mass is 9.94. The number of nitrogens with one attached hydrogen (secondary N) is 1. The van der Waals surface area contributed by atoms with Crippen molar-refractivity contribution in [3.05, 3.63) is 33.8 Å². The van der Waals surface area contributed by atoms with E-state index in [2.05, 4.69) is 5.32 Å². The number of benzene rings is 1. The summed E-state index contributed by atoms with van der Waals surface area (Å²) in [4.78, 5) is 0. The van der Waals surface area contributed by atoms with E-state index in [9.17, 15) is 5.11 Å². The predicted octanol–water partition coefficient (Wildman–Crippen LogP) is 2.83. The third-order valence-electron chi connectivity index (χ3n) is 2.72. The van der Waals surface area contributed by atoms with Crippen molar-refractivity contribution in [3.8, 4) is 0 Å². The molecule has 1 atom stereocenters. The highest BCUT2D eigenvalue weighted by atomic mass is 35.5. The molecule has 0 spiro atoms. The van der Waals surface area contributed by atoms with E-state index in [0.29, 0.717) is 23.2 Å². The van der Waals surface area contributed by atoms with Crippen molar-refractivity contribution in [2.75, 3.05) is 20.3 Å². The monoisotopic (exact) mass is 291 g/mol. The van der Waals surface area contributed by atoms with Gasteiger partial charge >= 0.3 is 0 Å². The number of ether oxygens (including phenoxy) is 1. The summed E-state index contributed by atoms with van der Waals surface area (Å²) in [6.07, 6.45) is -0.538. The molecular formula is C13H19Cl2NO2. The summed E-state index contributed by atoms with van der Waals surface area (Å²) >= 11 is 12.0. The van der Waals surface area contributed by atoms with Gasteiger partial charge in [-0.1, -0.05) is 23.2 Å². The van der Waals surface area contributed by atoms with Crippen LogP contribution in [0.25, 0.3) is 0 Å². The summed E-state index contributed by atoms with van der Waals surface area (Å²) in [7, 11) is 1.56. The van der Waals surface area contributed by atoms with E-state index >= 15 is 0 Å². The molecule has 0 aliphatic heterocycles. The molecule has 0 radical (unpaired) electrons. The Hall–Kier alpha value is -0.320. The molecule has 5 heteroatoms. The summed E-state index contributed by atoms with van der Waals surface area (Å²) in [5, 5.41) is 14.1. The van der Waals surface area contributed by atoms with Gasteiger partial charge in [-0.3, -0.25) is 0 Å². The molecule has 18 heavy (non-hydrogen) atoms. The molecule has 0 bridgehead atoms. The Labute approximate surface area is 118 Å². The van der Waals surface area contributed by atoms with Crippen molar-refractivity contribution in [3.63, 3.8) is 0 Å². The first kappa shape index (κ1) is 15.7. The van der Waals surface area contributed by atoms with E-state index in [4.69, 9.17) is 27.9 Å². The summed E-state index contributed by atoms with van der Waals surface area (Å²) in [6.45, 7) is 4.76. The Bertz CT molecular complexity index is 376. The zero-order chi connectivity index (χ0) is 13.8. The maximum atomic E-state index is 9.63. The largest absolute Gasteiger partial charge is 0.389 e. The first-order valence-corrected chi connectivity index (χ1v) is 6.49. The van der Waals surface area contributed by atoms with Crippen molar-refractivity contribution in [1.82, 2.24) is 5.32 Å². The lowest BCUT2D eigenvalue weighted by Gasteiger charge is -2.28. The molecule has 1 rings (SSSR count). The van der Waals surface area contributed by atoms with Gasteiger partial charge in [-0.25, -0.2) is 0 Å². The average Bonchev–Trinajstić information content (AvgIpc) is 2.26. The number of aliphatic hydroxyl groups is 1. The first-order chi connectivity index (χ1) is 8.35. The van der Waals surface area contributed by atoms with E-state index in [1.165, 1.54) is 0 Å². The Morgan fingerprint density at radius 2 is 1.83 bits per heavy atom. The summed E-state index contributed by atoms with van der Waals surface area (Å²) in [5.74, 6) is 0. The predicted molar refractivity (Wildman–Crippen MR) is 75.4 cm³/mol. The molecule has 0 saturated heterocycles. The van der Waals surface area contributed by atoms with Crippen LogP contribution < -0.4 is 5.32 Å². The summed E-state index contributed by atoms with van der Waals surface area (Å²) < 4.78 is 4.88. The van der Waals surface area contributed by atoms with Gasteiger partial charge < -0.3 is 15.2 Å². The standard InChI is InChI=1S/C13H19Cl2NO2/c1-13(2,16-7-12(17)8-18-3)9-4-10(14)6-11(15)5-9/h4-6,12,16-17H,7-8H2,1-3H3. The highest BCUT2D eigenvalue weighted by Crippen LogP contribution is 2.27. The SMILES string of the molecule is COCC(O)CNC(C)(C)c1cc(Cl)cc(Cl)c1. The van der Waals surface area contributed by atoms with Crippen LogP contribution in [0.2, 0.25) is 10.0 Å². The van der Waals surface area contributed by atoms with Crippen LogP contribution in [0.15, 0.2) is 18.2 Å². The fourth-order valence-corrected chi connectivity index (χ4v) is 2.17. The molecule has 0 aliphatic rings. The molecule has 0 fully saturated rings. The van der Waals surface area contributed by atoms with Gasteiger partial charge in [-0.05, 0) is 37.6 Å². The number of hydrogen-bond donors (Lipinski definition) is 2. The molecule has 102 valence electrons. The zero-order valence-electron chi connectivity index (χ0n) is 10.8. The zero-order valence-corrected chi connectivity index (χ0v) is 12.3. The minimum absolute atomic E-state index is 0.305. The van der Waals surface area contributed by atoms with E-state index in [-0.39, 0.29) is 5.54 Å². The summed E-state index contributed by atoms with van der Waals surface area (Å²) in [5.41, 5.74) is 0.646. The molecule has 0 aromatic heterocycles. The number of hydrogen-bond acceptors (Lipinski definition) is 3. The number of rotatable bonds is 6. The fraction of sp³-hybridized carbons (Fsp3) is 0.538. The van der Waals surface area contributed by atoms with Gasteiger partial charge in [0.1, 0.15) is 0 Å². The van der Waals surface area contributed by atoms with Crippen molar-refractivity contribution < 1.29 is 9.84 Å². The summed E-state index contributed by atoms with van der Waals surface area (Å²) in [6, 6.07) is 5.43. The van der Waals surface area contributed by atoms with Crippen LogP contribution in [0.4, 0.5) is 0 Å². The van der Waals surface area contributed by atoms with Gasteiger partial charge in [0.2, 0.25) is 0 Å². The van der Waals surface area contributed by atoms with Crippen molar-refractivity contribution >= 4 is 23.2 Å². The minimum Gasteiger partial charge on any atom is -0.389 e. The van der Waals surface area contributed by atoms with Gasteiger partial charge in [0.05, 0.1) is 12.7 Å². The van der Waals surface area contributed by atoms with Crippen LogP contribution in [0.3, 0.4) is 0 Å². The molecule has 0 aliphatic carbocycles. The quantitative estimate of drug-likeness (QED) is 0.847. The molecule has 1 aromatic rings. The van der Waals surface area contributed by atoms with E-state index in [1.54, 1.807) is 13.2 Å². The number of methoxy groups -OCH3 is 1. The van der Waals surface area contributed by atoms with Gasteiger partial charge in [0, 0.05) is 29.2 Å². The second kappa shape index (κ2) is 6.73. The van der Waals surface area contributed by atoms with Crippen LogP contribution in [0.1, 0.15) is 19.4 Å². The third kappa shape index (κ3) is 4.75. The maximum Gasteiger partial charge on any atom is 0.0897 e. The van der Waals surface area contributed by atoms with E-state index in [0.717, 1.165) is 5.56 Å². The molecule has 0 saturated carbocycles. The van der Waals surface area contributed by atoms with E-state index < -0.39 is 6.10 Å². The normalized spacial score (nSPS) is 13.7. The van der Waals surface area contributed by atoms with Crippen LogP contribution >= 0.6 is 23.2 Å². The smallest absolute Gasteiger partial charge is 0.0897 e. The lowest BCUT2D eigenvalue weighted by molar-refractivity contribution is 0.0597. The van der Waals surface area contributed by atoms with Crippen molar-refractivity contribution in [1.29, 1.82) is 0 Å². The highest BCUT2D eigenvalue weighted by Gasteiger charge is 2.21. The molecule has 0 amide bonds. The lowest BCUT2D eigenvalue weighted by Crippen LogP contribution is -2.42. The number of aliphatic hydroxyl groups excluding tert-OH is 1. The van der Waals surface area contributed by atoms with Crippen molar-refractivity contribution in [2.45, 2.75) is 25.5 Å². The average molecular weight is 292 g/mol. The van der Waals surface area contributed by atoms with Crippen LogP contribution in [-0.4, -0.2) is 31.5 Å². The van der Waals surface area contributed by atoms with Gasteiger partial charge in [-0.15, -0.1) is 0 Å². The van der Waals surface area contributed by atoms with Gasteiger partial charge in [-0.2, -0.15) is 0 Å². The molecule has 3 nitrogen and oxygen atoms in total. The number of halogens is 2. The molecular weight excluding hydrogens is 273 g/mol. The van der Waals surface area contributed by atoms with Crippen LogP contribution in [0.5, 0.6) is 0 Å². The molecule has 2 N–H and O–H groups in total. The first-order valence-electron chi connectivity index (χ1n) is 5.74. The Balaban J connectivity index is 2.73. The van der Waals surface area contributed by atoms with Crippen LogP contribution in [0, 0.1) is 0 Å². The molecule has 1 unspecified atom stereocenters. The second-order valence-electron chi connectivity index (χ2n) is 4.77. The Morgan fingerprint density at radius 3 is 2.33 bits per heavy atom. The van der Waals surface area contributed by atoms with Crippen molar-refractivity contribution in [2.24, 2.45) is 0 Å². The second-order valence-corrected chi connectivity index (χ2v) is 5.65. The fourth-order valence-electron chi connectivity index (χ4n) is 1.64. The molecule has 1 aromatic carbocycles.